The summed E-state index contributed by atoms with van der Waals surface area (Å²) in [6.45, 7) is 2.88. The third kappa shape index (κ3) is 3.78. The van der Waals surface area contributed by atoms with Gasteiger partial charge in [0.15, 0.2) is 0 Å². The fourth-order valence-corrected chi connectivity index (χ4v) is 4.70. The van der Waals surface area contributed by atoms with Crippen LogP contribution in [0.2, 0.25) is 0 Å². The van der Waals surface area contributed by atoms with E-state index in [9.17, 15) is 0 Å². The molecule has 1 saturated heterocycles. The van der Waals surface area contributed by atoms with Crippen molar-refractivity contribution in [1.29, 1.82) is 0 Å². The van der Waals surface area contributed by atoms with Gasteiger partial charge in [0.1, 0.15) is 0 Å². The minimum absolute atomic E-state index is 0.623. The van der Waals surface area contributed by atoms with Crippen molar-refractivity contribution >= 4 is 32.1 Å². The van der Waals surface area contributed by atoms with Gasteiger partial charge in [0.05, 0.1) is 4.01 Å². The first-order chi connectivity index (χ1) is 9.42. The van der Waals surface area contributed by atoms with E-state index in [0.29, 0.717) is 6.04 Å². The second-order valence-corrected chi connectivity index (χ2v) is 7.52. The van der Waals surface area contributed by atoms with E-state index in [0.717, 1.165) is 26.2 Å². The van der Waals surface area contributed by atoms with E-state index in [1.165, 1.54) is 40.0 Å². The molecule has 3 rings (SSSR count). The third-order valence-corrected chi connectivity index (χ3v) is 5.92. The molecule has 1 fully saturated rings. The van der Waals surface area contributed by atoms with Crippen LogP contribution in [-0.4, -0.2) is 19.3 Å². The topological polar surface area (TPSA) is 21.3 Å². The monoisotopic (exact) mass is 295 g/mol. The molecule has 2 nitrogen and oxygen atoms in total. The van der Waals surface area contributed by atoms with Crippen LogP contribution < -0.4 is 5.32 Å². The van der Waals surface area contributed by atoms with E-state index >= 15 is 0 Å². The zero-order chi connectivity index (χ0) is 12.9. The van der Waals surface area contributed by atoms with Crippen molar-refractivity contribution in [3.8, 4) is 0 Å². The number of ether oxygens (including phenoxy) is 1. The lowest BCUT2D eigenvalue weighted by Gasteiger charge is -2.17. The summed E-state index contributed by atoms with van der Waals surface area (Å²) in [6.07, 6.45) is 6.32. The molecule has 19 heavy (non-hydrogen) atoms. The summed E-state index contributed by atoms with van der Waals surface area (Å²) in [5.74, 6) is 0. The summed E-state index contributed by atoms with van der Waals surface area (Å²) in [5, 5.41) is 7.30. The van der Waals surface area contributed by atoms with Gasteiger partial charge in [-0.2, -0.15) is 0 Å². The van der Waals surface area contributed by atoms with Crippen molar-refractivity contribution in [3.63, 3.8) is 0 Å². The number of hydrogen-bond donors (Lipinski definition) is 1. The molecule has 1 N–H and O–H groups in total. The standard InChI is InChI=1S/C15H21NOS2/c1-2-4-13(5-8-17-7-3-1)16-11-14-10-12-6-9-18-15(12)19-14/h6,9-10,13,16H,1-5,7-8,11H2. The molecule has 2 aromatic rings. The molecule has 0 spiro atoms. The Balaban J connectivity index is 1.53. The summed E-state index contributed by atoms with van der Waals surface area (Å²) < 4.78 is 7.09. The highest BCUT2D eigenvalue weighted by atomic mass is 32.2. The maximum absolute atomic E-state index is 5.64. The van der Waals surface area contributed by atoms with Crippen molar-refractivity contribution in [3.05, 3.63) is 22.4 Å². The van der Waals surface area contributed by atoms with E-state index in [4.69, 9.17) is 4.74 Å². The van der Waals surface area contributed by atoms with Crippen molar-refractivity contribution in [2.75, 3.05) is 13.2 Å². The van der Waals surface area contributed by atoms with Gasteiger partial charge in [-0.3, -0.25) is 0 Å². The molecule has 0 amide bonds. The highest BCUT2D eigenvalue weighted by Gasteiger charge is 2.11. The Hall–Kier alpha value is -0.420. The molecule has 0 bridgehead atoms. The third-order valence-electron chi connectivity index (χ3n) is 3.72. The van der Waals surface area contributed by atoms with E-state index < -0.39 is 0 Å². The maximum atomic E-state index is 5.64. The first-order valence-corrected chi connectivity index (χ1v) is 8.88. The first-order valence-electron chi connectivity index (χ1n) is 7.19. The first kappa shape index (κ1) is 13.6. The van der Waals surface area contributed by atoms with E-state index in [-0.39, 0.29) is 0 Å². The van der Waals surface area contributed by atoms with Crippen LogP contribution in [0, 0.1) is 0 Å². The quantitative estimate of drug-likeness (QED) is 0.906. The molecular formula is C15H21NOS2. The van der Waals surface area contributed by atoms with Crippen LogP contribution >= 0.6 is 22.7 Å². The Kier molecular flexibility index (Phi) is 4.88. The molecule has 2 aromatic heterocycles. The molecule has 0 saturated carbocycles. The highest BCUT2D eigenvalue weighted by Crippen LogP contribution is 2.30. The van der Waals surface area contributed by atoms with Crippen LogP contribution in [0.4, 0.5) is 0 Å². The zero-order valence-electron chi connectivity index (χ0n) is 11.2. The second kappa shape index (κ2) is 6.84. The van der Waals surface area contributed by atoms with Crippen molar-refractivity contribution in [1.82, 2.24) is 5.32 Å². The number of thiophene rings is 2. The maximum Gasteiger partial charge on any atom is 0.0868 e. The van der Waals surface area contributed by atoms with Gasteiger partial charge in [-0.1, -0.05) is 12.8 Å². The van der Waals surface area contributed by atoms with Gasteiger partial charge in [0, 0.05) is 36.1 Å². The minimum Gasteiger partial charge on any atom is -0.381 e. The van der Waals surface area contributed by atoms with Crippen molar-refractivity contribution in [2.45, 2.75) is 44.7 Å². The SMILES string of the molecule is c1cc2cc(CNC3CCCCCOCC3)sc2s1. The summed E-state index contributed by atoms with van der Waals surface area (Å²) in [6, 6.07) is 5.17. The molecular weight excluding hydrogens is 274 g/mol. The lowest BCUT2D eigenvalue weighted by atomic mass is 10.1. The Labute approximate surface area is 122 Å². The van der Waals surface area contributed by atoms with Crippen LogP contribution in [0.15, 0.2) is 17.5 Å². The normalized spacial score (nSPS) is 22.0. The number of fused-ring (bicyclic) bond motifs is 1. The Morgan fingerprint density at radius 2 is 2.21 bits per heavy atom. The molecule has 0 aliphatic carbocycles. The molecule has 0 radical (unpaired) electrons. The minimum atomic E-state index is 0.623. The van der Waals surface area contributed by atoms with Gasteiger partial charge >= 0.3 is 0 Å². The van der Waals surface area contributed by atoms with Crippen molar-refractivity contribution < 1.29 is 4.74 Å². The smallest absolute Gasteiger partial charge is 0.0868 e. The lowest BCUT2D eigenvalue weighted by Crippen LogP contribution is -2.29. The lowest BCUT2D eigenvalue weighted by molar-refractivity contribution is 0.125. The summed E-state index contributed by atoms with van der Waals surface area (Å²) in [5.41, 5.74) is 0. The fraction of sp³-hybridized carbons (Fsp3) is 0.600. The zero-order valence-corrected chi connectivity index (χ0v) is 12.8. The molecule has 3 heterocycles. The summed E-state index contributed by atoms with van der Waals surface area (Å²) in [7, 11) is 0. The second-order valence-electron chi connectivity index (χ2n) is 5.20. The fourth-order valence-electron chi connectivity index (χ4n) is 2.60. The Morgan fingerprint density at radius 3 is 3.16 bits per heavy atom. The number of nitrogens with one attached hydrogen (secondary N) is 1. The van der Waals surface area contributed by atoms with Gasteiger partial charge in [0.25, 0.3) is 0 Å². The van der Waals surface area contributed by atoms with E-state index in [2.05, 4.69) is 22.8 Å². The number of hydrogen-bond acceptors (Lipinski definition) is 4. The molecule has 1 atom stereocenters. The Bertz CT molecular complexity index is 466. The largest absolute Gasteiger partial charge is 0.381 e. The van der Waals surface area contributed by atoms with Crippen LogP contribution in [0.1, 0.15) is 37.0 Å². The van der Waals surface area contributed by atoms with Gasteiger partial charge in [0.2, 0.25) is 0 Å². The van der Waals surface area contributed by atoms with Crippen LogP contribution in [0.25, 0.3) is 9.40 Å². The van der Waals surface area contributed by atoms with Crippen LogP contribution in [-0.2, 0) is 11.3 Å². The van der Waals surface area contributed by atoms with Crippen molar-refractivity contribution in [2.24, 2.45) is 0 Å². The Morgan fingerprint density at radius 1 is 1.21 bits per heavy atom. The molecule has 4 heteroatoms. The van der Waals surface area contributed by atoms with Gasteiger partial charge in [-0.05, 0) is 36.8 Å². The predicted molar refractivity (Wildman–Crippen MR) is 84.2 cm³/mol. The van der Waals surface area contributed by atoms with Gasteiger partial charge in [-0.15, -0.1) is 22.7 Å². The average molecular weight is 295 g/mol. The van der Waals surface area contributed by atoms with E-state index in [1.807, 2.05) is 22.7 Å². The molecule has 1 aliphatic rings. The van der Waals surface area contributed by atoms with E-state index in [1.54, 1.807) is 0 Å². The molecule has 1 unspecified atom stereocenters. The number of rotatable bonds is 3. The van der Waals surface area contributed by atoms with Gasteiger partial charge in [-0.25, -0.2) is 0 Å². The van der Waals surface area contributed by atoms with Crippen LogP contribution in [0.3, 0.4) is 0 Å². The molecule has 0 aromatic carbocycles. The summed E-state index contributed by atoms with van der Waals surface area (Å²) in [4.78, 5) is 1.46. The van der Waals surface area contributed by atoms with Gasteiger partial charge < -0.3 is 10.1 Å². The van der Waals surface area contributed by atoms with Crippen LogP contribution in [0.5, 0.6) is 0 Å². The predicted octanol–water partition coefficient (Wildman–Crippen LogP) is 4.40. The average Bonchev–Trinajstić information content (AvgIpc) is 3.00. The molecule has 1 aliphatic heterocycles. The molecule has 104 valence electrons. The summed E-state index contributed by atoms with van der Waals surface area (Å²) >= 11 is 3.78. The highest BCUT2D eigenvalue weighted by molar-refractivity contribution is 7.37.